The van der Waals surface area contributed by atoms with Gasteiger partial charge in [-0.05, 0) is 48.7 Å². The van der Waals surface area contributed by atoms with Gasteiger partial charge in [-0.25, -0.2) is 0 Å². The van der Waals surface area contributed by atoms with Crippen LogP contribution >= 0.6 is 0 Å². The van der Waals surface area contributed by atoms with Gasteiger partial charge in [-0.15, -0.1) is 0 Å². The molecule has 32 heavy (non-hydrogen) atoms. The van der Waals surface area contributed by atoms with E-state index in [2.05, 4.69) is 58.4 Å². The van der Waals surface area contributed by atoms with Gasteiger partial charge in [-0.1, -0.05) is 72.8 Å². The van der Waals surface area contributed by atoms with E-state index in [9.17, 15) is 4.79 Å². The fraction of sp³-hybridized carbons (Fsp3) is 0.250. The maximum Gasteiger partial charge on any atom is 0.198 e. The first-order chi connectivity index (χ1) is 15.8. The maximum absolute atomic E-state index is 14.0. The summed E-state index contributed by atoms with van der Waals surface area (Å²) in [6.07, 6.45) is 3.24. The number of aromatic nitrogens is 1. The van der Waals surface area contributed by atoms with E-state index in [1.54, 1.807) is 0 Å². The SMILES string of the molecule is O=C(c1cn(Cc2ccccc2)c2ccccc12)[C@@H]1OC2(CCNCC2)c2ccccc21. The van der Waals surface area contributed by atoms with Gasteiger partial charge in [0.25, 0.3) is 0 Å². The Morgan fingerprint density at radius 1 is 0.938 bits per heavy atom. The van der Waals surface area contributed by atoms with Crippen LogP contribution in [0.3, 0.4) is 0 Å². The molecule has 1 spiro atoms. The number of rotatable bonds is 4. The second kappa shape index (κ2) is 7.73. The number of ketones is 1. The summed E-state index contributed by atoms with van der Waals surface area (Å²) in [5.41, 5.74) is 4.88. The zero-order valence-corrected chi connectivity index (χ0v) is 18.0. The Bertz CT molecular complexity index is 1290. The minimum absolute atomic E-state index is 0.0517. The lowest BCUT2D eigenvalue weighted by Gasteiger charge is -2.34. The van der Waals surface area contributed by atoms with Gasteiger partial charge in [-0.3, -0.25) is 4.79 Å². The molecule has 1 fully saturated rings. The van der Waals surface area contributed by atoms with Gasteiger partial charge in [0.05, 0.1) is 5.60 Å². The van der Waals surface area contributed by atoms with Crippen molar-refractivity contribution in [3.8, 4) is 0 Å². The summed E-state index contributed by atoms with van der Waals surface area (Å²) < 4.78 is 8.83. The number of ether oxygens (including phenoxy) is 1. The molecule has 0 aliphatic carbocycles. The van der Waals surface area contributed by atoms with Crippen molar-refractivity contribution in [2.24, 2.45) is 0 Å². The average molecular weight is 423 g/mol. The Kier molecular flexibility index (Phi) is 4.71. The molecular weight excluding hydrogens is 396 g/mol. The van der Waals surface area contributed by atoms with Gasteiger partial charge >= 0.3 is 0 Å². The normalized spacial score (nSPS) is 19.3. The van der Waals surface area contributed by atoms with E-state index in [0.717, 1.165) is 54.5 Å². The predicted octanol–water partition coefficient (Wildman–Crippen LogP) is 5.22. The fourth-order valence-electron chi connectivity index (χ4n) is 5.40. The highest BCUT2D eigenvalue weighted by Crippen LogP contribution is 2.49. The van der Waals surface area contributed by atoms with Crippen LogP contribution in [-0.2, 0) is 16.9 Å². The Labute approximate surface area is 187 Å². The lowest BCUT2D eigenvalue weighted by Crippen LogP contribution is -2.40. The van der Waals surface area contributed by atoms with Crippen LogP contribution in [-0.4, -0.2) is 23.4 Å². The molecule has 4 nitrogen and oxygen atoms in total. The number of Topliss-reactive ketones (excluding diaryl/α,β-unsaturated/α-hetero) is 1. The predicted molar refractivity (Wildman–Crippen MR) is 126 cm³/mol. The standard InChI is InChI=1S/C28H26N2O2/c31-26(27-22-11-4-6-12-24(22)28(32-27)14-16-29-17-15-28)23-19-30(18-20-8-2-1-3-9-20)25-13-7-5-10-21(23)25/h1-13,19,27,29H,14-18H2/t27-/m1/s1. The van der Waals surface area contributed by atoms with E-state index < -0.39 is 6.10 Å². The van der Waals surface area contributed by atoms with E-state index in [4.69, 9.17) is 4.74 Å². The molecular formula is C28H26N2O2. The summed E-state index contributed by atoms with van der Waals surface area (Å²) in [4.78, 5) is 14.0. The number of carbonyl (C=O) groups excluding carboxylic acids is 1. The Balaban J connectivity index is 1.41. The van der Waals surface area contributed by atoms with Crippen molar-refractivity contribution in [2.75, 3.05) is 13.1 Å². The zero-order chi connectivity index (χ0) is 21.5. The van der Waals surface area contributed by atoms with Crippen molar-refractivity contribution < 1.29 is 9.53 Å². The van der Waals surface area contributed by atoms with Crippen LogP contribution in [0.1, 0.15) is 46.0 Å². The van der Waals surface area contributed by atoms with Crippen LogP contribution < -0.4 is 5.32 Å². The maximum atomic E-state index is 14.0. The molecule has 6 rings (SSSR count). The lowest BCUT2D eigenvalue weighted by atomic mass is 9.84. The third-order valence-electron chi connectivity index (χ3n) is 6.98. The second-order valence-electron chi connectivity index (χ2n) is 8.87. The molecule has 3 heterocycles. The molecule has 1 saturated heterocycles. The van der Waals surface area contributed by atoms with E-state index >= 15 is 0 Å². The molecule has 4 aromatic rings. The first-order valence-corrected chi connectivity index (χ1v) is 11.4. The number of para-hydroxylation sites is 1. The van der Waals surface area contributed by atoms with Crippen LogP contribution in [0.2, 0.25) is 0 Å². The Morgan fingerprint density at radius 3 is 2.50 bits per heavy atom. The summed E-state index contributed by atoms with van der Waals surface area (Å²) >= 11 is 0. The van der Waals surface area contributed by atoms with Crippen LogP contribution in [0, 0.1) is 0 Å². The highest BCUT2D eigenvalue weighted by Gasteiger charge is 2.48. The number of benzene rings is 3. The van der Waals surface area contributed by atoms with Crippen molar-refractivity contribution >= 4 is 16.7 Å². The summed E-state index contributed by atoms with van der Waals surface area (Å²) in [5, 5.41) is 4.41. The minimum atomic E-state index is -0.555. The van der Waals surface area contributed by atoms with E-state index in [1.807, 2.05) is 36.5 Å². The quantitative estimate of drug-likeness (QED) is 0.459. The molecule has 0 radical (unpaired) electrons. The minimum Gasteiger partial charge on any atom is -0.354 e. The van der Waals surface area contributed by atoms with E-state index in [-0.39, 0.29) is 11.4 Å². The van der Waals surface area contributed by atoms with Crippen molar-refractivity contribution in [2.45, 2.75) is 31.1 Å². The van der Waals surface area contributed by atoms with Crippen molar-refractivity contribution in [3.05, 3.63) is 107 Å². The van der Waals surface area contributed by atoms with Crippen LogP contribution in [0.15, 0.2) is 85.1 Å². The zero-order valence-electron chi connectivity index (χ0n) is 18.0. The molecule has 1 atom stereocenters. The highest BCUT2D eigenvalue weighted by atomic mass is 16.5. The van der Waals surface area contributed by atoms with Crippen molar-refractivity contribution in [1.29, 1.82) is 0 Å². The third kappa shape index (κ3) is 3.10. The van der Waals surface area contributed by atoms with Crippen molar-refractivity contribution in [3.63, 3.8) is 0 Å². The summed E-state index contributed by atoms with van der Waals surface area (Å²) in [5.74, 6) is 0.0517. The highest BCUT2D eigenvalue weighted by molar-refractivity contribution is 6.10. The molecule has 0 unspecified atom stereocenters. The first kappa shape index (κ1) is 19.5. The molecule has 0 bridgehead atoms. The van der Waals surface area contributed by atoms with Crippen LogP contribution in [0.5, 0.6) is 0 Å². The number of nitrogens with zero attached hydrogens (tertiary/aromatic N) is 1. The van der Waals surface area contributed by atoms with E-state index in [1.165, 1.54) is 11.1 Å². The Hall–Kier alpha value is -3.21. The molecule has 1 N–H and O–H groups in total. The smallest absolute Gasteiger partial charge is 0.198 e. The van der Waals surface area contributed by atoms with Gasteiger partial charge in [0.2, 0.25) is 0 Å². The number of hydrogen-bond acceptors (Lipinski definition) is 3. The summed E-state index contributed by atoms with van der Waals surface area (Å²) in [6.45, 7) is 2.55. The van der Waals surface area contributed by atoms with Gasteiger partial charge in [-0.2, -0.15) is 0 Å². The number of nitrogens with one attached hydrogen (secondary N) is 1. The number of hydrogen-bond donors (Lipinski definition) is 1. The van der Waals surface area contributed by atoms with Crippen LogP contribution in [0.25, 0.3) is 10.9 Å². The molecule has 3 aromatic carbocycles. The number of piperidine rings is 1. The molecule has 2 aliphatic rings. The van der Waals surface area contributed by atoms with Gasteiger partial charge < -0.3 is 14.6 Å². The summed E-state index contributed by atoms with van der Waals surface area (Å²) in [6, 6.07) is 26.8. The topological polar surface area (TPSA) is 43.3 Å². The van der Waals surface area contributed by atoms with Gasteiger partial charge in [0.1, 0.15) is 6.10 Å². The lowest BCUT2D eigenvalue weighted by molar-refractivity contribution is -0.0805. The number of fused-ring (bicyclic) bond motifs is 3. The van der Waals surface area contributed by atoms with Gasteiger partial charge in [0.15, 0.2) is 5.78 Å². The fourth-order valence-corrected chi connectivity index (χ4v) is 5.40. The van der Waals surface area contributed by atoms with E-state index in [0.29, 0.717) is 0 Å². The largest absolute Gasteiger partial charge is 0.354 e. The summed E-state index contributed by atoms with van der Waals surface area (Å²) in [7, 11) is 0. The monoisotopic (exact) mass is 422 g/mol. The third-order valence-corrected chi connectivity index (χ3v) is 6.98. The number of carbonyl (C=O) groups is 1. The molecule has 160 valence electrons. The average Bonchev–Trinajstić information content (AvgIpc) is 3.37. The molecule has 2 aliphatic heterocycles. The van der Waals surface area contributed by atoms with Crippen LogP contribution in [0.4, 0.5) is 0 Å². The molecule has 0 amide bonds. The van der Waals surface area contributed by atoms with Gasteiger partial charge in [0, 0.05) is 29.2 Å². The van der Waals surface area contributed by atoms with Crippen molar-refractivity contribution in [1.82, 2.24) is 9.88 Å². The molecule has 4 heteroatoms. The first-order valence-electron chi connectivity index (χ1n) is 11.4. The molecule has 1 aromatic heterocycles. The Morgan fingerprint density at radius 2 is 1.66 bits per heavy atom. The second-order valence-corrected chi connectivity index (χ2v) is 8.87. The molecule has 0 saturated carbocycles.